The Morgan fingerprint density at radius 2 is 2.11 bits per heavy atom. The third-order valence-corrected chi connectivity index (χ3v) is 3.94. The van der Waals surface area contributed by atoms with Crippen LogP contribution in [-0.2, 0) is 4.79 Å². The van der Waals surface area contributed by atoms with Gasteiger partial charge in [-0.05, 0) is 37.0 Å². The minimum Gasteiger partial charge on any atom is -0.300 e. The predicted octanol–water partition coefficient (Wildman–Crippen LogP) is 2.73. The molecule has 0 spiro atoms. The Bertz CT molecular complexity index is 611. The topological polar surface area (TPSA) is 54.9 Å². The lowest BCUT2D eigenvalue weighted by Gasteiger charge is -2.01. The molecule has 1 N–H and O–H groups in total. The average Bonchev–Trinajstić information content (AvgIpc) is 3.08. The zero-order valence-electron chi connectivity index (χ0n) is 10.3. The maximum atomic E-state index is 12.8. The number of anilines is 1. The van der Waals surface area contributed by atoms with Gasteiger partial charge >= 0.3 is 0 Å². The van der Waals surface area contributed by atoms with Crippen molar-refractivity contribution >= 4 is 22.4 Å². The standard InChI is InChI=1S/C13H12FN3OS/c1-7-16-17-13(19-7)15-12(18)11-6-10(11)8-2-4-9(14)5-3-8/h2-5,10-11H,6H2,1H3,(H,15,17,18). The summed E-state index contributed by atoms with van der Waals surface area (Å²) in [5.74, 6) is -0.149. The number of aromatic nitrogens is 2. The minimum atomic E-state index is -0.255. The molecule has 4 nitrogen and oxygen atoms in total. The van der Waals surface area contributed by atoms with Crippen LogP contribution in [-0.4, -0.2) is 16.1 Å². The number of nitrogens with zero attached hydrogens (tertiary/aromatic N) is 2. The van der Waals surface area contributed by atoms with Crippen LogP contribution in [0.25, 0.3) is 0 Å². The summed E-state index contributed by atoms with van der Waals surface area (Å²) in [7, 11) is 0. The zero-order chi connectivity index (χ0) is 13.4. The van der Waals surface area contributed by atoms with E-state index in [1.165, 1.54) is 23.5 Å². The smallest absolute Gasteiger partial charge is 0.229 e. The third kappa shape index (κ3) is 2.63. The van der Waals surface area contributed by atoms with Gasteiger partial charge in [0.15, 0.2) is 0 Å². The average molecular weight is 277 g/mol. The molecule has 1 saturated carbocycles. The van der Waals surface area contributed by atoms with E-state index >= 15 is 0 Å². The van der Waals surface area contributed by atoms with Gasteiger partial charge in [-0.25, -0.2) is 4.39 Å². The highest BCUT2D eigenvalue weighted by atomic mass is 32.1. The number of nitrogens with one attached hydrogen (secondary N) is 1. The maximum Gasteiger partial charge on any atom is 0.229 e. The molecule has 1 aliphatic rings. The van der Waals surface area contributed by atoms with Crippen molar-refractivity contribution in [3.05, 3.63) is 40.7 Å². The van der Waals surface area contributed by atoms with Gasteiger partial charge in [0.2, 0.25) is 11.0 Å². The first-order chi connectivity index (χ1) is 9.13. The Labute approximate surface area is 113 Å². The van der Waals surface area contributed by atoms with Gasteiger partial charge in [-0.1, -0.05) is 23.5 Å². The van der Waals surface area contributed by atoms with E-state index in [0.717, 1.165) is 17.0 Å². The normalized spacial score (nSPS) is 21.2. The molecule has 2 atom stereocenters. The van der Waals surface area contributed by atoms with Crippen molar-refractivity contribution in [2.75, 3.05) is 5.32 Å². The molecule has 2 unspecified atom stereocenters. The molecule has 1 aliphatic carbocycles. The molecule has 3 rings (SSSR count). The number of amides is 1. The fraction of sp³-hybridized carbons (Fsp3) is 0.308. The molecule has 0 aliphatic heterocycles. The van der Waals surface area contributed by atoms with E-state index in [4.69, 9.17) is 0 Å². The van der Waals surface area contributed by atoms with Crippen LogP contribution < -0.4 is 5.32 Å². The lowest BCUT2D eigenvalue weighted by atomic mass is 10.1. The molecule has 19 heavy (non-hydrogen) atoms. The van der Waals surface area contributed by atoms with Crippen molar-refractivity contribution in [2.45, 2.75) is 19.3 Å². The number of carbonyl (C=O) groups excluding carboxylic acids is 1. The molecular formula is C13H12FN3OS. The van der Waals surface area contributed by atoms with E-state index in [2.05, 4.69) is 15.5 Å². The van der Waals surface area contributed by atoms with Gasteiger partial charge in [0.05, 0.1) is 0 Å². The van der Waals surface area contributed by atoms with Gasteiger partial charge in [0, 0.05) is 5.92 Å². The molecule has 98 valence electrons. The SMILES string of the molecule is Cc1nnc(NC(=O)C2CC2c2ccc(F)cc2)s1. The highest BCUT2D eigenvalue weighted by molar-refractivity contribution is 7.15. The Hall–Kier alpha value is -1.82. The van der Waals surface area contributed by atoms with Crippen LogP contribution in [0.2, 0.25) is 0 Å². The first-order valence-corrected chi connectivity index (χ1v) is 6.81. The fourth-order valence-electron chi connectivity index (χ4n) is 2.11. The molecular weight excluding hydrogens is 265 g/mol. The number of carbonyl (C=O) groups is 1. The Morgan fingerprint density at radius 3 is 2.74 bits per heavy atom. The lowest BCUT2D eigenvalue weighted by molar-refractivity contribution is -0.117. The van der Waals surface area contributed by atoms with E-state index < -0.39 is 0 Å². The molecule has 2 aromatic rings. The van der Waals surface area contributed by atoms with Crippen LogP contribution in [0.5, 0.6) is 0 Å². The molecule has 0 saturated heterocycles. The number of benzene rings is 1. The largest absolute Gasteiger partial charge is 0.300 e. The number of hydrogen-bond donors (Lipinski definition) is 1. The molecule has 1 aromatic heterocycles. The van der Waals surface area contributed by atoms with Crippen LogP contribution in [0.3, 0.4) is 0 Å². The van der Waals surface area contributed by atoms with E-state index in [9.17, 15) is 9.18 Å². The molecule has 0 radical (unpaired) electrons. The van der Waals surface area contributed by atoms with Gasteiger partial charge < -0.3 is 5.32 Å². The van der Waals surface area contributed by atoms with Crippen LogP contribution in [0.4, 0.5) is 9.52 Å². The molecule has 1 heterocycles. The van der Waals surface area contributed by atoms with E-state index in [1.807, 2.05) is 6.92 Å². The van der Waals surface area contributed by atoms with Crippen molar-refractivity contribution in [1.29, 1.82) is 0 Å². The van der Waals surface area contributed by atoms with Crippen molar-refractivity contribution in [1.82, 2.24) is 10.2 Å². The molecule has 1 aromatic carbocycles. The van der Waals surface area contributed by atoms with Crippen molar-refractivity contribution < 1.29 is 9.18 Å². The quantitative estimate of drug-likeness (QED) is 0.938. The second-order valence-corrected chi connectivity index (χ2v) is 5.80. The minimum absolute atomic E-state index is 0.0366. The summed E-state index contributed by atoms with van der Waals surface area (Å²) >= 11 is 1.36. The summed E-state index contributed by atoms with van der Waals surface area (Å²) in [6.45, 7) is 1.84. The molecule has 6 heteroatoms. The monoisotopic (exact) mass is 277 g/mol. The van der Waals surface area contributed by atoms with Crippen molar-refractivity contribution in [3.8, 4) is 0 Å². The fourth-order valence-corrected chi connectivity index (χ4v) is 2.70. The first kappa shape index (κ1) is 12.2. The molecule has 0 bridgehead atoms. The zero-order valence-corrected chi connectivity index (χ0v) is 11.1. The number of rotatable bonds is 3. The highest BCUT2D eigenvalue weighted by Crippen LogP contribution is 2.48. The summed E-state index contributed by atoms with van der Waals surface area (Å²) in [6, 6.07) is 6.33. The first-order valence-electron chi connectivity index (χ1n) is 6.00. The van der Waals surface area contributed by atoms with Gasteiger partial charge in [-0.2, -0.15) is 0 Å². The Morgan fingerprint density at radius 1 is 1.37 bits per heavy atom. The van der Waals surface area contributed by atoms with Crippen molar-refractivity contribution in [2.24, 2.45) is 5.92 Å². The lowest BCUT2D eigenvalue weighted by Crippen LogP contribution is -2.14. The summed E-state index contributed by atoms with van der Waals surface area (Å²) in [6.07, 6.45) is 0.801. The maximum absolute atomic E-state index is 12.8. The number of hydrogen-bond acceptors (Lipinski definition) is 4. The van der Waals surface area contributed by atoms with E-state index in [0.29, 0.717) is 5.13 Å². The highest BCUT2D eigenvalue weighted by Gasteiger charge is 2.44. The molecule has 1 fully saturated rings. The van der Waals surface area contributed by atoms with Crippen LogP contribution in [0.1, 0.15) is 22.9 Å². The summed E-state index contributed by atoms with van der Waals surface area (Å²) < 4.78 is 12.8. The van der Waals surface area contributed by atoms with Gasteiger partial charge in [0.25, 0.3) is 0 Å². The summed E-state index contributed by atoms with van der Waals surface area (Å²) in [5, 5.41) is 11.8. The molecule has 1 amide bonds. The van der Waals surface area contributed by atoms with Crippen LogP contribution in [0, 0.1) is 18.7 Å². The second kappa shape index (κ2) is 4.70. The van der Waals surface area contributed by atoms with Gasteiger partial charge in [-0.15, -0.1) is 10.2 Å². The van der Waals surface area contributed by atoms with Crippen molar-refractivity contribution in [3.63, 3.8) is 0 Å². The third-order valence-electron chi connectivity index (χ3n) is 3.18. The summed E-state index contributed by atoms with van der Waals surface area (Å²) in [4.78, 5) is 12.0. The van der Waals surface area contributed by atoms with E-state index in [1.54, 1.807) is 12.1 Å². The van der Waals surface area contributed by atoms with E-state index in [-0.39, 0.29) is 23.6 Å². The van der Waals surface area contributed by atoms with Gasteiger partial charge in [0.1, 0.15) is 10.8 Å². The van der Waals surface area contributed by atoms with Gasteiger partial charge in [-0.3, -0.25) is 4.79 Å². The summed E-state index contributed by atoms with van der Waals surface area (Å²) in [5.41, 5.74) is 1.01. The van der Waals surface area contributed by atoms with Crippen LogP contribution >= 0.6 is 11.3 Å². The number of aryl methyl sites for hydroxylation is 1. The number of halogens is 1. The van der Waals surface area contributed by atoms with Crippen LogP contribution in [0.15, 0.2) is 24.3 Å². The second-order valence-electron chi connectivity index (χ2n) is 4.62. The Kier molecular flexibility index (Phi) is 3.02. The Balaban J connectivity index is 1.63. The predicted molar refractivity (Wildman–Crippen MR) is 70.5 cm³/mol.